The molecule has 0 spiro atoms. The molecular weight excluding hydrogens is 499 g/mol. The highest BCUT2D eigenvalue weighted by Crippen LogP contribution is 2.31. The van der Waals surface area contributed by atoms with E-state index in [-0.39, 0.29) is 22.7 Å². The first kappa shape index (κ1) is 26.9. The molecule has 0 radical (unpaired) electrons. The van der Waals surface area contributed by atoms with E-state index in [0.29, 0.717) is 5.75 Å². The predicted octanol–water partition coefficient (Wildman–Crippen LogP) is 6.37. The molecule has 0 fully saturated rings. The zero-order valence-electron chi connectivity index (χ0n) is 18.2. The lowest BCUT2D eigenvalue weighted by molar-refractivity contribution is -0.253. The Morgan fingerprint density at radius 3 is 2.08 bits per heavy atom. The molecule has 0 aromatic heterocycles. The van der Waals surface area contributed by atoms with E-state index in [9.17, 15) is 40.9 Å². The maximum absolute atomic E-state index is 13.4. The summed E-state index contributed by atoms with van der Waals surface area (Å²) in [5.74, 6) is -0.0960. The Kier molecular flexibility index (Phi) is 8.18. The molecule has 3 N–H and O–H groups in total. The molecule has 0 heterocycles. The van der Waals surface area contributed by atoms with Crippen molar-refractivity contribution >= 4 is 5.69 Å². The molecule has 0 saturated heterocycles. The summed E-state index contributed by atoms with van der Waals surface area (Å²) >= 11 is 0. The van der Waals surface area contributed by atoms with Crippen molar-refractivity contribution < 1.29 is 50.4 Å². The summed E-state index contributed by atoms with van der Waals surface area (Å²) in [6.45, 7) is 0. The fourth-order valence-corrected chi connectivity index (χ4v) is 3.17. The molecule has 0 saturated carbocycles. The molecule has 2 atom stereocenters. The highest BCUT2D eigenvalue weighted by Gasteiger charge is 2.45. The first-order chi connectivity index (χ1) is 16.8. The topological polar surface area (TPSA) is 71.0 Å². The van der Waals surface area contributed by atoms with Crippen LogP contribution in [0.3, 0.4) is 0 Å². The zero-order chi connectivity index (χ0) is 26.5. The van der Waals surface area contributed by atoms with Crippen LogP contribution in [0.4, 0.5) is 36.4 Å². The van der Waals surface area contributed by atoms with Gasteiger partial charge in [-0.05, 0) is 60.5 Å². The van der Waals surface area contributed by atoms with E-state index in [0.717, 1.165) is 18.2 Å². The van der Waals surface area contributed by atoms with Gasteiger partial charge < -0.3 is 25.0 Å². The van der Waals surface area contributed by atoms with Gasteiger partial charge in [-0.15, -0.1) is 0 Å². The van der Waals surface area contributed by atoms with Crippen LogP contribution < -0.4 is 14.8 Å². The molecular formula is C24H20F7NO4. The minimum absolute atomic E-state index is 0.00846. The Morgan fingerprint density at radius 1 is 0.806 bits per heavy atom. The lowest BCUT2D eigenvalue weighted by Gasteiger charge is -2.27. The van der Waals surface area contributed by atoms with Crippen LogP contribution >= 0.6 is 0 Å². The number of benzene rings is 3. The van der Waals surface area contributed by atoms with Gasteiger partial charge in [-0.25, -0.2) is 0 Å². The van der Waals surface area contributed by atoms with Gasteiger partial charge in [0.2, 0.25) is 0 Å². The number of ether oxygens (including phenoxy) is 2. The molecule has 12 heteroatoms. The van der Waals surface area contributed by atoms with Crippen molar-refractivity contribution in [3.63, 3.8) is 0 Å². The second kappa shape index (κ2) is 10.9. The van der Waals surface area contributed by atoms with Crippen LogP contribution in [0.25, 0.3) is 0 Å². The van der Waals surface area contributed by atoms with Crippen molar-refractivity contribution in [1.82, 2.24) is 0 Å². The van der Waals surface area contributed by atoms with Gasteiger partial charge in [-0.2, -0.15) is 30.7 Å². The van der Waals surface area contributed by atoms with Crippen LogP contribution in [0.1, 0.15) is 5.56 Å². The third kappa shape index (κ3) is 7.41. The Bertz CT molecular complexity index is 1140. The smallest absolute Gasteiger partial charge is 0.461 e. The van der Waals surface area contributed by atoms with Crippen LogP contribution in [0.15, 0.2) is 72.8 Å². The molecule has 36 heavy (non-hydrogen) atoms. The largest absolute Gasteiger partial charge is 0.508 e. The molecule has 3 aromatic carbocycles. The van der Waals surface area contributed by atoms with Crippen LogP contribution in [-0.2, 0) is 6.42 Å². The number of aromatic hydroxyl groups is 1. The van der Waals surface area contributed by atoms with Crippen molar-refractivity contribution in [3.8, 4) is 23.0 Å². The molecule has 5 nitrogen and oxygen atoms in total. The van der Waals surface area contributed by atoms with Gasteiger partial charge in [0.1, 0.15) is 23.0 Å². The van der Waals surface area contributed by atoms with E-state index >= 15 is 0 Å². The molecule has 3 aromatic rings. The van der Waals surface area contributed by atoms with Crippen molar-refractivity contribution in [3.05, 3.63) is 78.4 Å². The molecule has 0 amide bonds. The number of phenolic OH excluding ortho intramolecular Hbond substituents is 1. The number of hydrogen-bond donors (Lipinski definition) is 3. The average molecular weight is 519 g/mol. The van der Waals surface area contributed by atoms with Crippen molar-refractivity contribution in [2.75, 3.05) is 5.32 Å². The molecule has 0 bridgehead atoms. The summed E-state index contributed by atoms with van der Waals surface area (Å²) in [6, 6.07) is 14.1. The first-order valence-electron chi connectivity index (χ1n) is 10.4. The Balaban J connectivity index is 1.81. The summed E-state index contributed by atoms with van der Waals surface area (Å²) in [4.78, 5) is 0. The molecule has 2 unspecified atom stereocenters. The van der Waals surface area contributed by atoms with Crippen molar-refractivity contribution in [2.24, 2.45) is 0 Å². The van der Waals surface area contributed by atoms with Gasteiger partial charge in [0.05, 0.1) is 6.04 Å². The summed E-state index contributed by atoms with van der Waals surface area (Å²) in [5, 5.41) is 21.8. The van der Waals surface area contributed by atoms with Crippen molar-refractivity contribution in [2.45, 2.75) is 37.3 Å². The molecule has 194 valence electrons. The van der Waals surface area contributed by atoms with Gasteiger partial charge in [-0.1, -0.05) is 18.2 Å². The Morgan fingerprint density at radius 2 is 1.44 bits per heavy atom. The standard InChI is InChI=1S/C24H20F7NO4/c25-22(26)24(30,31)36-19-6-1-3-14(11-19)12-20(21(34)23(27,28)29)32-15-4-2-5-18(13-15)35-17-9-7-16(33)8-10-17/h1-11,13,20-22,32-34H,12H2. The number of phenols is 1. The summed E-state index contributed by atoms with van der Waals surface area (Å²) in [6.07, 6.45) is -17.3. The maximum atomic E-state index is 13.4. The van der Waals surface area contributed by atoms with Crippen LogP contribution in [0, 0.1) is 0 Å². The lowest BCUT2D eigenvalue weighted by atomic mass is 10.00. The molecule has 0 aliphatic heterocycles. The van der Waals surface area contributed by atoms with Gasteiger partial charge in [-0.3, -0.25) is 0 Å². The second-order valence-electron chi connectivity index (χ2n) is 7.68. The van der Waals surface area contributed by atoms with Gasteiger partial charge in [0.15, 0.2) is 6.10 Å². The number of nitrogens with one attached hydrogen (secondary N) is 1. The predicted molar refractivity (Wildman–Crippen MR) is 116 cm³/mol. The van der Waals surface area contributed by atoms with E-state index in [4.69, 9.17) is 4.74 Å². The molecule has 0 aliphatic carbocycles. The minimum Gasteiger partial charge on any atom is -0.508 e. The van der Waals surface area contributed by atoms with E-state index in [1.807, 2.05) is 0 Å². The quantitative estimate of drug-likeness (QED) is 0.272. The monoisotopic (exact) mass is 519 g/mol. The zero-order valence-corrected chi connectivity index (χ0v) is 18.2. The second-order valence-corrected chi connectivity index (χ2v) is 7.68. The summed E-state index contributed by atoms with van der Waals surface area (Å²) in [5.41, 5.74) is 0.145. The molecule has 3 rings (SSSR count). The van der Waals surface area contributed by atoms with Gasteiger partial charge in [0.25, 0.3) is 0 Å². The lowest BCUT2D eigenvalue weighted by Crippen LogP contribution is -2.45. The Hall–Kier alpha value is -3.67. The van der Waals surface area contributed by atoms with E-state index < -0.39 is 43.0 Å². The highest BCUT2D eigenvalue weighted by atomic mass is 19.4. The van der Waals surface area contributed by atoms with Crippen LogP contribution in [0.5, 0.6) is 23.0 Å². The number of aliphatic hydroxyl groups is 1. The third-order valence-corrected chi connectivity index (χ3v) is 4.84. The van der Waals surface area contributed by atoms with Crippen LogP contribution in [-0.4, -0.2) is 41.1 Å². The van der Waals surface area contributed by atoms with E-state index in [2.05, 4.69) is 10.1 Å². The fraction of sp³-hybridized carbons (Fsp3) is 0.250. The number of halogens is 7. The molecule has 0 aliphatic rings. The normalized spacial score (nSPS) is 13.8. The Labute approximate surface area is 200 Å². The van der Waals surface area contributed by atoms with Crippen LogP contribution in [0.2, 0.25) is 0 Å². The number of anilines is 1. The van der Waals surface area contributed by atoms with Crippen molar-refractivity contribution in [1.29, 1.82) is 0 Å². The van der Waals surface area contributed by atoms with Gasteiger partial charge in [0, 0.05) is 11.8 Å². The highest BCUT2D eigenvalue weighted by molar-refractivity contribution is 5.50. The van der Waals surface area contributed by atoms with Gasteiger partial charge >= 0.3 is 18.7 Å². The first-order valence-corrected chi connectivity index (χ1v) is 10.4. The number of hydrogen-bond acceptors (Lipinski definition) is 5. The fourth-order valence-electron chi connectivity index (χ4n) is 3.17. The number of alkyl halides is 7. The third-order valence-electron chi connectivity index (χ3n) is 4.84. The number of aliphatic hydroxyl groups excluding tert-OH is 1. The summed E-state index contributed by atoms with van der Waals surface area (Å²) in [7, 11) is 0. The maximum Gasteiger partial charge on any atom is 0.461 e. The number of rotatable bonds is 10. The average Bonchev–Trinajstić information content (AvgIpc) is 2.79. The summed E-state index contributed by atoms with van der Waals surface area (Å²) < 4.78 is 101. The van der Waals surface area contributed by atoms with E-state index in [1.54, 1.807) is 0 Å². The van der Waals surface area contributed by atoms with E-state index in [1.165, 1.54) is 54.6 Å². The SMILES string of the molecule is Oc1ccc(Oc2cccc(NC(Cc3cccc(OC(F)(F)C(F)F)c3)C(O)C(F)(F)F)c2)cc1. The minimum atomic E-state index is -5.03.